The molecule has 0 bridgehead atoms. The minimum Gasteiger partial charge on any atom is -0.345 e. The second-order valence-electron chi connectivity index (χ2n) is 4.52. The average Bonchev–Trinajstić information content (AvgIpc) is 2.98. The number of rotatable bonds is 2. The average molecular weight is 191 g/mol. The van der Waals surface area contributed by atoms with Crippen LogP contribution in [0.3, 0.4) is 0 Å². The van der Waals surface area contributed by atoms with Gasteiger partial charge in [-0.25, -0.2) is 4.98 Å². The zero-order valence-corrected chi connectivity index (χ0v) is 8.42. The lowest BCUT2D eigenvalue weighted by atomic mass is 9.98. The first-order valence-electron chi connectivity index (χ1n) is 5.69. The molecule has 3 heteroatoms. The zero-order chi connectivity index (χ0) is 9.38. The zero-order valence-electron chi connectivity index (χ0n) is 8.42. The van der Waals surface area contributed by atoms with E-state index < -0.39 is 0 Å². The van der Waals surface area contributed by atoms with Crippen molar-refractivity contribution in [3.8, 4) is 0 Å². The Morgan fingerprint density at radius 2 is 1.86 bits per heavy atom. The van der Waals surface area contributed by atoms with Crippen molar-refractivity contribution in [1.29, 1.82) is 0 Å². The van der Waals surface area contributed by atoms with Gasteiger partial charge in [0.1, 0.15) is 5.82 Å². The number of piperidine rings is 1. The maximum atomic E-state index is 4.52. The summed E-state index contributed by atoms with van der Waals surface area (Å²) in [6.07, 6.45) is 7.23. The van der Waals surface area contributed by atoms with Crippen LogP contribution in [0.15, 0.2) is 6.20 Å². The summed E-state index contributed by atoms with van der Waals surface area (Å²) in [4.78, 5) is 8.02. The molecule has 3 nitrogen and oxygen atoms in total. The van der Waals surface area contributed by atoms with Crippen molar-refractivity contribution in [3.63, 3.8) is 0 Å². The maximum Gasteiger partial charge on any atom is 0.109 e. The van der Waals surface area contributed by atoms with Crippen molar-refractivity contribution in [2.45, 2.75) is 37.5 Å². The van der Waals surface area contributed by atoms with Crippen molar-refractivity contribution in [2.75, 3.05) is 13.1 Å². The van der Waals surface area contributed by atoms with Crippen molar-refractivity contribution in [1.82, 2.24) is 15.3 Å². The summed E-state index contributed by atoms with van der Waals surface area (Å²) < 4.78 is 0. The fraction of sp³-hybridized carbons (Fsp3) is 0.727. The van der Waals surface area contributed by atoms with Crippen LogP contribution >= 0.6 is 0 Å². The molecule has 1 saturated heterocycles. The van der Waals surface area contributed by atoms with E-state index in [1.54, 1.807) is 0 Å². The lowest BCUT2D eigenvalue weighted by Crippen LogP contribution is -2.27. The number of hydrogen-bond acceptors (Lipinski definition) is 2. The molecule has 2 fully saturated rings. The molecule has 0 radical (unpaired) electrons. The summed E-state index contributed by atoms with van der Waals surface area (Å²) in [5.41, 5.74) is 1.37. The minimum absolute atomic E-state index is 0.670. The van der Waals surface area contributed by atoms with E-state index in [0.717, 1.165) is 19.0 Å². The van der Waals surface area contributed by atoms with Gasteiger partial charge in [0, 0.05) is 23.7 Å². The third-order valence-electron chi connectivity index (χ3n) is 3.36. The van der Waals surface area contributed by atoms with E-state index in [9.17, 15) is 0 Å². The highest BCUT2D eigenvalue weighted by Crippen LogP contribution is 2.39. The van der Waals surface area contributed by atoms with Crippen molar-refractivity contribution in [2.24, 2.45) is 0 Å². The molecule has 0 aromatic carbocycles. The standard InChI is InChI=1S/C11H17N3/c1-2-8(1)10-7-13-11(14-10)9-3-5-12-6-4-9/h7-9,12H,1-6H2,(H,13,14). The molecule has 14 heavy (non-hydrogen) atoms. The van der Waals surface area contributed by atoms with Crippen LogP contribution in [0.1, 0.15) is 49.0 Å². The number of imidazole rings is 1. The molecule has 1 aliphatic carbocycles. The van der Waals surface area contributed by atoms with Crippen LogP contribution in [0.2, 0.25) is 0 Å². The van der Waals surface area contributed by atoms with Crippen LogP contribution in [0.4, 0.5) is 0 Å². The molecule has 2 heterocycles. The first kappa shape index (κ1) is 8.48. The molecule has 1 saturated carbocycles. The Morgan fingerprint density at radius 1 is 1.07 bits per heavy atom. The summed E-state index contributed by atoms with van der Waals surface area (Å²) in [6.45, 7) is 2.29. The van der Waals surface area contributed by atoms with E-state index in [2.05, 4.69) is 21.5 Å². The van der Waals surface area contributed by atoms with E-state index >= 15 is 0 Å². The summed E-state index contributed by atoms with van der Waals surface area (Å²) >= 11 is 0. The molecule has 1 aromatic heterocycles. The second kappa shape index (κ2) is 3.39. The highest BCUT2D eigenvalue weighted by atomic mass is 14.9. The van der Waals surface area contributed by atoms with Crippen molar-refractivity contribution in [3.05, 3.63) is 17.7 Å². The molecule has 76 valence electrons. The Bertz CT molecular complexity index is 308. The van der Waals surface area contributed by atoms with Crippen molar-refractivity contribution < 1.29 is 0 Å². The molecule has 3 rings (SSSR count). The van der Waals surface area contributed by atoms with Gasteiger partial charge in [-0.05, 0) is 38.8 Å². The van der Waals surface area contributed by atoms with Gasteiger partial charge in [0.25, 0.3) is 0 Å². The van der Waals surface area contributed by atoms with E-state index in [1.807, 2.05) is 0 Å². The number of aromatic nitrogens is 2. The highest BCUT2D eigenvalue weighted by Gasteiger charge is 2.26. The SMILES string of the molecule is c1nc(C2CCNCC2)[nH]c1C1CC1. The van der Waals surface area contributed by atoms with Gasteiger partial charge in [-0.15, -0.1) is 0 Å². The van der Waals surface area contributed by atoms with Crippen LogP contribution in [-0.4, -0.2) is 23.1 Å². The molecule has 2 aliphatic rings. The predicted octanol–water partition coefficient (Wildman–Crippen LogP) is 1.75. The molecule has 2 N–H and O–H groups in total. The Balaban J connectivity index is 1.74. The summed E-state index contributed by atoms with van der Waals surface area (Å²) in [5.74, 6) is 2.70. The Labute approximate surface area is 84.3 Å². The molecule has 0 amide bonds. The van der Waals surface area contributed by atoms with E-state index in [-0.39, 0.29) is 0 Å². The first-order valence-corrected chi connectivity index (χ1v) is 5.69. The van der Waals surface area contributed by atoms with Crippen LogP contribution in [-0.2, 0) is 0 Å². The third kappa shape index (κ3) is 1.57. The smallest absolute Gasteiger partial charge is 0.109 e. The van der Waals surface area contributed by atoms with E-state index in [4.69, 9.17) is 0 Å². The minimum atomic E-state index is 0.670. The molecular weight excluding hydrogens is 174 g/mol. The van der Waals surface area contributed by atoms with Gasteiger partial charge in [-0.2, -0.15) is 0 Å². The Kier molecular flexibility index (Phi) is 2.05. The molecule has 0 spiro atoms. The molecule has 1 aliphatic heterocycles. The largest absolute Gasteiger partial charge is 0.345 e. The quantitative estimate of drug-likeness (QED) is 0.747. The predicted molar refractivity (Wildman–Crippen MR) is 55.4 cm³/mol. The lowest BCUT2D eigenvalue weighted by molar-refractivity contribution is 0.447. The normalized spacial score (nSPS) is 24.0. The van der Waals surface area contributed by atoms with Gasteiger partial charge in [-0.1, -0.05) is 0 Å². The number of hydrogen-bond donors (Lipinski definition) is 2. The number of nitrogens with one attached hydrogen (secondary N) is 2. The Morgan fingerprint density at radius 3 is 2.57 bits per heavy atom. The molecule has 0 unspecified atom stereocenters. The van der Waals surface area contributed by atoms with Gasteiger partial charge in [0.05, 0.1) is 0 Å². The van der Waals surface area contributed by atoms with Crippen LogP contribution in [0.25, 0.3) is 0 Å². The fourth-order valence-electron chi connectivity index (χ4n) is 2.26. The van der Waals surface area contributed by atoms with Crippen molar-refractivity contribution >= 4 is 0 Å². The van der Waals surface area contributed by atoms with Gasteiger partial charge >= 0.3 is 0 Å². The fourth-order valence-corrected chi connectivity index (χ4v) is 2.26. The third-order valence-corrected chi connectivity index (χ3v) is 3.36. The summed E-state index contributed by atoms with van der Waals surface area (Å²) in [7, 11) is 0. The number of H-pyrrole nitrogens is 1. The highest BCUT2D eigenvalue weighted by molar-refractivity contribution is 5.15. The maximum absolute atomic E-state index is 4.52. The lowest BCUT2D eigenvalue weighted by Gasteiger charge is -2.20. The molecule has 0 atom stereocenters. The van der Waals surface area contributed by atoms with E-state index in [0.29, 0.717) is 5.92 Å². The topological polar surface area (TPSA) is 40.7 Å². The number of nitrogens with zero attached hydrogens (tertiary/aromatic N) is 1. The van der Waals surface area contributed by atoms with Crippen LogP contribution < -0.4 is 5.32 Å². The molecular formula is C11H17N3. The molecule has 1 aromatic rings. The first-order chi connectivity index (χ1) is 6.93. The van der Waals surface area contributed by atoms with Gasteiger partial charge in [0.15, 0.2) is 0 Å². The van der Waals surface area contributed by atoms with Crippen LogP contribution in [0, 0.1) is 0 Å². The second-order valence-corrected chi connectivity index (χ2v) is 4.52. The summed E-state index contributed by atoms with van der Waals surface area (Å²) in [5, 5.41) is 3.38. The van der Waals surface area contributed by atoms with Gasteiger partial charge < -0.3 is 10.3 Å². The van der Waals surface area contributed by atoms with Gasteiger partial charge in [-0.3, -0.25) is 0 Å². The Hall–Kier alpha value is -0.830. The summed E-state index contributed by atoms with van der Waals surface area (Å²) in [6, 6.07) is 0. The monoisotopic (exact) mass is 191 g/mol. The van der Waals surface area contributed by atoms with E-state index in [1.165, 1.54) is 37.2 Å². The number of aromatic amines is 1. The van der Waals surface area contributed by atoms with Gasteiger partial charge in [0.2, 0.25) is 0 Å². The van der Waals surface area contributed by atoms with Crippen LogP contribution in [0.5, 0.6) is 0 Å².